The zero-order valence-corrected chi connectivity index (χ0v) is 18.5. The number of hydrogen-bond acceptors (Lipinski definition) is 10. The lowest BCUT2D eigenvalue weighted by Gasteiger charge is -2.35. The molecule has 2 saturated heterocycles. The normalized spacial score (nSPS) is 22.4. The molecule has 178 valence electrons. The molecule has 0 bridgehead atoms. The molecule has 6 N–H and O–H groups in total. The molecule has 0 saturated carbocycles. The fourth-order valence-corrected chi connectivity index (χ4v) is 4.01. The van der Waals surface area contributed by atoms with Crippen LogP contribution in [0.5, 0.6) is 0 Å². The highest BCUT2D eigenvalue weighted by Gasteiger charge is 2.20. The second-order valence-electron chi connectivity index (χ2n) is 8.32. The second kappa shape index (κ2) is 15.4. The van der Waals surface area contributed by atoms with Crippen molar-refractivity contribution in [2.24, 2.45) is 11.5 Å². The molecule has 2 fully saturated rings. The van der Waals surface area contributed by atoms with Gasteiger partial charge >= 0.3 is 0 Å². The second-order valence-corrected chi connectivity index (χ2v) is 8.32. The molecule has 2 rings (SSSR count). The van der Waals surface area contributed by atoms with E-state index in [4.69, 9.17) is 20.9 Å². The van der Waals surface area contributed by atoms with Crippen LogP contribution >= 0.6 is 0 Å². The Morgan fingerprint density at radius 3 is 1.27 bits per heavy atom. The molecule has 0 spiro atoms. The van der Waals surface area contributed by atoms with E-state index in [0.717, 1.165) is 65.4 Å². The minimum atomic E-state index is -0.491. The van der Waals surface area contributed by atoms with E-state index in [1.54, 1.807) is 0 Å². The number of aliphatic hydroxyl groups excluding tert-OH is 2. The van der Waals surface area contributed by atoms with Crippen LogP contribution < -0.4 is 11.5 Å². The average Bonchev–Trinajstić information content (AvgIpc) is 2.74. The Balaban J connectivity index is 1.41. The van der Waals surface area contributed by atoms with Gasteiger partial charge in [-0.2, -0.15) is 0 Å². The number of aliphatic hydroxyl groups is 2. The predicted octanol–water partition coefficient (Wildman–Crippen LogP) is -3.11. The van der Waals surface area contributed by atoms with Gasteiger partial charge in [-0.25, -0.2) is 0 Å². The van der Waals surface area contributed by atoms with Crippen molar-refractivity contribution >= 4 is 0 Å². The van der Waals surface area contributed by atoms with E-state index < -0.39 is 12.2 Å². The zero-order valence-electron chi connectivity index (χ0n) is 18.5. The number of β-amino-alcohol motifs (C(OH)–C–C–N with tert-alkyl or cyclic N) is 2. The Labute approximate surface area is 181 Å². The third-order valence-electron chi connectivity index (χ3n) is 5.75. The van der Waals surface area contributed by atoms with E-state index in [0.29, 0.717) is 52.6 Å². The Bertz CT molecular complexity index is 382. The van der Waals surface area contributed by atoms with E-state index >= 15 is 0 Å². The summed E-state index contributed by atoms with van der Waals surface area (Å²) in [6.07, 6.45) is -0.982. The Hall–Kier alpha value is -0.400. The molecule has 2 unspecified atom stereocenters. The Morgan fingerprint density at radius 1 is 0.600 bits per heavy atom. The number of piperazine rings is 2. The smallest absolute Gasteiger partial charge is 0.0900 e. The summed E-state index contributed by atoms with van der Waals surface area (Å²) in [4.78, 5) is 9.24. The van der Waals surface area contributed by atoms with Gasteiger partial charge in [0.2, 0.25) is 0 Å². The molecule has 2 heterocycles. The topological polar surface area (TPSA) is 124 Å². The van der Waals surface area contributed by atoms with Crippen molar-refractivity contribution in [3.05, 3.63) is 0 Å². The van der Waals surface area contributed by atoms with Crippen molar-refractivity contribution in [3.8, 4) is 0 Å². The summed E-state index contributed by atoms with van der Waals surface area (Å²) < 4.78 is 11.1. The maximum atomic E-state index is 10.2. The first-order valence-electron chi connectivity index (χ1n) is 11.4. The standard InChI is InChI=1S/C20H44N6O4/c21-1-3-23-5-9-25(10-6-23)15-19(27)17-29-13-14-30-18-20(28)16-26-11-7-24(4-2-22)8-12-26/h19-20,27-28H,1-18,21-22H2. The van der Waals surface area contributed by atoms with Crippen molar-refractivity contribution in [1.82, 2.24) is 19.6 Å². The molecular formula is C20H44N6O4. The molecule has 0 aromatic rings. The number of hydrogen-bond donors (Lipinski definition) is 4. The molecule has 0 aliphatic carbocycles. The Kier molecular flexibility index (Phi) is 13.3. The van der Waals surface area contributed by atoms with Crippen molar-refractivity contribution in [2.45, 2.75) is 12.2 Å². The van der Waals surface area contributed by atoms with Crippen LogP contribution in [0, 0.1) is 0 Å². The molecule has 0 aromatic carbocycles. The van der Waals surface area contributed by atoms with Gasteiger partial charge in [-0.3, -0.25) is 19.6 Å². The number of rotatable bonds is 15. The first-order valence-corrected chi connectivity index (χ1v) is 11.4. The van der Waals surface area contributed by atoms with Crippen molar-refractivity contribution < 1.29 is 19.7 Å². The molecule has 10 heteroatoms. The molecule has 30 heavy (non-hydrogen) atoms. The maximum absolute atomic E-state index is 10.2. The van der Waals surface area contributed by atoms with Gasteiger partial charge in [0, 0.05) is 91.6 Å². The lowest BCUT2D eigenvalue weighted by molar-refractivity contribution is -0.0325. The summed E-state index contributed by atoms with van der Waals surface area (Å²) in [5.74, 6) is 0. The van der Waals surface area contributed by atoms with Crippen LogP contribution in [0.3, 0.4) is 0 Å². The van der Waals surface area contributed by atoms with Gasteiger partial charge < -0.3 is 31.2 Å². The number of nitrogens with zero attached hydrogens (tertiary/aromatic N) is 4. The van der Waals surface area contributed by atoms with E-state index in [1.165, 1.54) is 0 Å². The molecule has 0 amide bonds. The van der Waals surface area contributed by atoms with E-state index in [2.05, 4.69) is 19.6 Å². The SMILES string of the molecule is NCCN1CCN(CC(O)COCCOCC(O)CN2CCN(CCN)CC2)CC1. The van der Waals surface area contributed by atoms with Gasteiger partial charge in [0.25, 0.3) is 0 Å². The first-order chi connectivity index (χ1) is 14.6. The van der Waals surface area contributed by atoms with Gasteiger partial charge in [0.1, 0.15) is 0 Å². The Morgan fingerprint density at radius 2 is 0.933 bits per heavy atom. The first kappa shape index (κ1) is 25.9. The van der Waals surface area contributed by atoms with E-state index in [9.17, 15) is 10.2 Å². The maximum Gasteiger partial charge on any atom is 0.0900 e. The third-order valence-corrected chi connectivity index (χ3v) is 5.75. The summed E-state index contributed by atoms with van der Waals surface area (Å²) in [5, 5.41) is 20.3. The molecule has 0 aromatic heterocycles. The fourth-order valence-electron chi connectivity index (χ4n) is 4.01. The van der Waals surface area contributed by atoms with Crippen molar-refractivity contribution in [1.29, 1.82) is 0 Å². The molecular weight excluding hydrogens is 388 g/mol. The van der Waals surface area contributed by atoms with Gasteiger partial charge in [-0.05, 0) is 0 Å². The van der Waals surface area contributed by atoms with Crippen LogP contribution in [0.1, 0.15) is 0 Å². The van der Waals surface area contributed by atoms with E-state index in [-0.39, 0.29) is 0 Å². The third kappa shape index (κ3) is 10.8. The monoisotopic (exact) mass is 432 g/mol. The fraction of sp³-hybridized carbons (Fsp3) is 1.00. The quantitative estimate of drug-likeness (QED) is 0.198. The van der Waals surface area contributed by atoms with Crippen LogP contribution in [-0.2, 0) is 9.47 Å². The minimum Gasteiger partial charge on any atom is -0.389 e. The van der Waals surface area contributed by atoms with Gasteiger partial charge in [0.05, 0.1) is 38.6 Å². The number of nitrogens with two attached hydrogens (primary N) is 2. The highest BCUT2D eigenvalue weighted by molar-refractivity contribution is 4.75. The average molecular weight is 433 g/mol. The summed E-state index contributed by atoms with van der Waals surface area (Å²) >= 11 is 0. The molecule has 2 aliphatic rings. The lowest BCUT2D eigenvalue weighted by Crippen LogP contribution is -2.50. The molecule has 2 aliphatic heterocycles. The summed E-state index contributed by atoms with van der Waals surface area (Å²) in [5.41, 5.74) is 11.2. The van der Waals surface area contributed by atoms with Crippen LogP contribution in [0.4, 0.5) is 0 Å². The summed E-state index contributed by atoms with van der Waals surface area (Å²) in [6.45, 7) is 13.9. The van der Waals surface area contributed by atoms with Crippen molar-refractivity contribution in [3.63, 3.8) is 0 Å². The molecule has 2 atom stereocenters. The highest BCUT2D eigenvalue weighted by atomic mass is 16.5. The summed E-state index contributed by atoms with van der Waals surface area (Å²) in [7, 11) is 0. The van der Waals surface area contributed by atoms with Crippen molar-refractivity contribution in [2.75, 3.05) is 118 Å². The van der Waals surface area contributed by atoms with Gasteiger partial charge in [-0.1, -0.05) is 0 Å². The molecule has 0 radical (unpaired) electrons. The van der Waals surface area contributed by atoms with Crippen LogP contribution in [0.2, 0.25) is 0 Å². The largest absolute Gasteiger partial charge is 0.389 e. The summed E-state index contributed by atoms with van der Waals surface area (Å²) in [6, 6.07) is 0. The van der Waals surface area contributed by atoms with Crippen LogP contribution in [-0.4, -0.2) is 160 Å². The minimum absolute atomic E-state index is 0.308. The highest BCUT2D eigenvalue weighted by Crippen LogP contribution is 2.04. The van der Waals surface area contributed by atoms with Gasteiger partial charge in [0.15, 0.2) is 0 Å². The van der Waals surface area contributed by atoms with Crippen LogP contribution in [0.25, 0.3) is 0 Å². The van der Waals surface area contributed by atoms with Gasteiger partial charge in [-0.15, -0.1) is 0 Å². The predicted molar refractivity (Wildman–Crippen MR) is 118 cm³/mol. The van der Waals surface area contributed by atoms with E-state index in [1.807, 2.05) is 0 Å². The zero-order chi connectivity index (χ0) is 21.6. The lowest BCUT2D eigenvalue weighted by atomic mass is 10.2. The van der Waals surface area contributed by atoms with Crippen LogP contribution in [0.15, 0.2) is 0 Å². The molecule has 10 nitrogen and oxygen atoms in total. The number of ether oxygens (including phenoxy) is 2.